The van der Waals surface area contributed by atoms with Gasteiger partial charge in [0.25, 0.3) is 5.91 Å². The molecule has 3 aliphatic heterocycles. The highest BCUT2D eigenvalue weighted by molar-refractivity contribution is 8.27. The number of nitrogens with one attached hydrogen (secondary N) is 1. The summed E-state index contributed by atoms with van der Waals surface area (Å²) in [5.41, 5.74) is 5.44. The van der Waals surface area contributed by atoms with Crippen LogP contribution in [-0.4, -0.2) is 55.4 Å². The summed E-state index contributed by atoms with van der Waals surface area (Å²) in [7, 11) is 0. The van der Waals surface area contributed by atoms with E-state index in [0.717, 1.165) is 61.4 Å². The number of hydrazone groups is 1. The largest absolute Gasteiger partial charge is 0.342 e. The Balaban J connectivity index is 1.37. The normalized spacial score (nSPS) is 19.5. The van der Waals surface area contributed by atoms with E-state index in [9.17, 15) is 9.59 Å². The van der Waals surface area contributed by atoms with E-state index in [0.29, 0.717) is 16.1 Å². The van der Waals surface area contributed by atoms with Crippen LogP contribution in [0.4, 0.5) is 0 Å². The number of hydrogen-bond acceptors (Lipinski definition) is 5. The summed E-state index contributed by atoms with van der Waals surface area (Å²) in [5.74, 6) is 0.0697. The number of rotatable bonds is 6. The van der Waals surface area contributed by atoms with Crippen molar-refractivity contribution in [1.82, 2.24) is 14.5 Å². The molecular formula is C29H34N6O2S. The summed E-state index contributed by atoms with van der Waals surface area (Å²) in [6, 6.07) is 10.6. The Morgan fingerprint density at radius 1 is 1.16 bits per heavy atom. The molecule has 1 aromatic heterocycles. The van der Waals surface area contributed by atoms with Crippen LogP contribution >= 0.6 is 11.8 Å². The third kappa shape index (κ3) is 4.99. The first-order chi connectivity index (χ1) is 18.3. The lowest BCUT2D eigenvalue weighted by Gasteiger charge is -2.26. The molecule has 9 heteroatoms. The van der Waals surface area contributed by atoms with E-state index in [1.54, 1.807) is 6.08 Å². The lowest BCUT2D eigenvalue weighted by molar-refractivity contribution is -0.130. The minimum absolute atomic E-state index is 0.0179. The van der Waals surface area contributed by atoms with Gasteiger partial charge in [0.1, 0.15) is 5.04 Å². The summed E-state index contributed by atoms with van der Waals surface area (Å²) < 4.78 is 2.16. The van der Waals surface area contributed by atoms with Crippen molar-refractivity contribution in [1.29, 1.82) is 5.41 Å². The second kappa shape index (κ2) is 10.7. The van der Waals surface area contributed by atoms with Gasteiger partial charge >= 0.3 is 0 Å². The maximum Gasteiger partial charge on any atom is 0.283 e. The van der Waals surface area contributed by atoms with E-state index in [4.69, 9.17) is 5.41 Å². The van der Waals surface area contributed by atoms with Crippen LogP contribution in [0.1, 0.15) is 74.4 Å². The van der Waals surface area contributed by atoms with Crippen molar-refractivity contribution < 1.29 is 9.59 Å². The smallest absolute Gasteiger partial charge is 0.283 e. The predicted octanol–water partition coefficient (Wildman–Crippen LogP) is 5.63. The van der Waals surface area contributed by atoms with Crippen LogP contribution in [0.15, 0.2) is 46.0 Å². The molecule has 1 saturated heterocycles. The Morgan fingerprint density at radius 3 is 2.55 bits per heavy atom. The number of aromatic nitrogens is 1. The third-order valence-corrected chi connectivity index (χ3v) is 8.52. The second-order valence-corrected chi connectivity index (χ2v) is 11.2. The topological polar surface area (TPSA) is 94.1 Å². The van der Waals surface area contributed by atoms with Gasteiger partial charge in [-0.05, 0) is 92.6 Å². The van der Waals surface area contributed by atoms with Gasteiger partial charge in [-0.3, -0.25) is 15.0 Å². The first-order valence-electron chi connectivity index (χ1n) is 13.3. The van der Waals surface area contributed by atoms with E-state index in [1.165, 1.54) is 22.3 Å². The number of piperidine rings is 1. The van der Waals surface area contributed by atoms with E-state index < -0.39 is 5.91 Å². The average Bonchev–Trinajstić information content (AvgIpc) is 3.45. The van der Waals surface area contributed by atoms with Gasteiger partial charge in [-0.15, -0.1) is 0 Å². The van der Waals surface area contributed by atoms with Crippen LogP contribution in [0.2, 0.25) is 0 Å². The SMILES string of the molecule is CCC(C)c1ccc(-n2c(C)cc(C=C3C(=N)N4N=C(CC(=O)N5CCCCC5)SC4=NC3=O)c2C)cc1. The predicted molar refractivity (Wildman–Crippen MR) is 154 cm³/mol. The van der Waals surface area contributed by atoms with Crippen molar-refractivity contribution in [2.75, 3.05) is 13.1 Å². The van der Waals surface area contributed by atoms with Crippen molar-refractivity contribution >= 4 is 45.7 Å². The third-order valence-electron chi connectivity index (χ3n) is 7.61. The van der Waals surface area contributed by atoms with Gasteiger partial charge in [0.05, 0.1) is 12.0 Å². The number of carbonyl (C=O) groups is 2. The number of nitrogens with zero attached hydrogens (tertiary/aromatic N) is 5. The summed E-state index contributed by atoms with van der Waals surface area (Å²) >= 11 is 1.20. The maximum absolute atomic E-state index is 13.0. The minimum Gasteiger partial charge on any atom is -0.342 e. The van der Waals surface area contributed by atoms with E-state index >= 15 is 0 Å². The molecule has 1 fully saturated rings. The van der Waals surface area contributed by atoms with Crippen LogP contribution in [0.5, 0.6) is 0 Å². The fourth-order valence-electron chi connectivity index (χ4n) is 5.16. The fraction of sp³-hybridized carbons (Fsp3) is 0.414. The Morgan fingerprint density at radius 2 is 1.87 bits per heavy atom. The number of amidine groups is 2. The molecule has 0 aliphatic carbocycles. The summed E-state index contributed by atoms with van der Waals surface area (Å²) in [5, 5.41) is 15.5. The number of carbonyl (C=O) groups excluding carboxylic acids is 2. The summed E-state index contributed by atoms with van der Waals surface area (Å²) in [4.78, 5) is 31.7. The number of hydrogen-bond donors (Lipinski definition) is 1. The van der Waals surface area contributed by atoms with Gasteiger partial charge < -0.3 is 9.47 Å². The van der Waals surface area contributed by atoms with Crippen molar-refractivity contribution in [2.45, 2.75) is 65.7 Å². The lowest BCUT2D eigenvalue weighted by Crippen LogP contribution is -2.36. The quantitative estimate of drug-likeness (QED) is 0.490. The first-order valence-corrected chi connectivity index (χ1v) is 14.1. The molecule has 0 spiro atoms. The number of benzene rings is 1. The lowest BCUT2D eigenvalue weighted by atomic mass is 9.98. The molecule has 0 radical (unpaired) electrons. The van der Waals surface area contributed by atoms with Gasteiger partial charge in [-0.25, -0.2) is 0 Å². The standard InChI is InChI=1S/C29H34N6O2S/c1-5-18(2)21-9-11-23(12-10-21)34-19(3)15-22(20(34)4)16-24-27(30)35-29(31-28(24)37)38-25(32-35)17-26(36)33-13-7-6-8-14-33/h9-12,15-16,18,30H,5-8,13-14,17H2,1-4H3. The number of aryl methyl sites for hydroxylation is 1. The molecule has 4 heterocycles. The molecule has 8 nitrogen and oxygen atoms in total. The monoisotopic (exact) mass is 530 g/mol. The zero-order chi connectivity index (χ0) is 27.0. The Labute approximate surface area is 228 Å². The summed E-state index contributed by atoms with van der Waals surface area (Å²) in [6.07, 6.45) is 6.21. The number of thioether (sulfide) groups is 1. The minimum atomic E-state index is -0.463. The van der Waals surface area contributed by atoms with Crippen LogP contribution in [0, 0.1) is 19.3 Å². The molecule has 198 valence electrons. The molecular weight excluding hydrogens is 496 g/mol. The van der Waals surface area contributed by atoms with Crippen LogP contribution < -0.4 is 0 Å². The van der Waals surface area contributed by atoms with Crippen molar-refractivity contribution in [3.05, 3.63) is 58.4 Å². The number of aliphatic imine (C=N–C) groups is 1. The molecule has 38 heavy (non-hydrogen) atoms. The Bertz CT molecular complexity index is 1380. The van der Waals surface area contributed by atoms with Crippen molar-refractivity contribution in [2.24, 2.45) is 10.1 Å². The maximum atomic E-state index is 13.0. The molecule has 1 atom stereocenters. The van der Waals surface area contributed by atoms with Gasteiger partial charge in [0.2, 0.25) is 11.1 Å². The first kappa shape index (κ1) is 26.2. The van der Waals surface area contributed by atoms with E-state index in [-0.39, 0.29) is 23.7 Å². The van der Waals surface area contributed by atoms with Crippen LogP contribution in [-0.2, 0) is 9.59 Å². The molecule has 1 unspecified atom stereocenters. The second-order valence-electron chi connectivity index (χ2n) is 10.2. The molecule has 3 aliphatic rings. The molecule has 1 N–H and O–H groups in total. The Kier molecular flexibility index (Phi) is 7.38. The number of amides is 2. The zero-order valence-electron chi connectivity index (χ0n) is 22.5. The molecule has 2 amide bonds. The van der Waals surface area contributed by atoms with Gasteiger partial charge in [-0.2, -0.15) is 15.1 Å². The zero-order valence-corrected chi connectivity index (χ0v) is 23.3. The molecule has 0 bridgehead atoms. The highest BCUT2D eigenvalue weighted by atomic mass is 32.2. The fourth-order valence-corrected chi connectivity index (χ4v) is 6.04. The number of likely N-dealkylation sites (tertiary alicyclic amines) is 1. The molecule has 0 saturated carbocycles. The highest BCUT2D eigenvalue weighted by Crippen LogP contribution is 2.31. The van der Waals surface area contributed by atoms with E-state index in [2.05, 4.69) is 52.8 Å². The Hall–Kier alpha value is -3.46. The van der Waals surface area contributed by atoms with Gasteiger partial charge in [0.15, 0.2) is 5.84 Å². The number of fused-ring (bicyclic) bond motifs is 1. The van der Waals surface area contributed by atoms with Gasteiger partial charge in [0, 0.05) is 30.2 Å². The van der Waals surface area contributed by atoms with Gasteiger partial charge in [-0.1, -0.05) is 26.0 Å². The van der Waals surface area contributed by atoms with Crippen molar-refractivity contribution in [3.8, 4) is 5.69 Å². The van der Waals surface area contributed by atoms with E-state index in [1.807, 2.05) is 24.8 Å². The highest BCUT2D eigenvalue weighted by Gasteiger charge is 2.36. The molecule has 1 aromatic carbocycles. The van der Waals surface area contributed by atoms with Crippen LogP contribution in [0.25, 0.3) is 11.8 Å². The summed E-state index contributed by atoms with van der Waals surface area (Å²) in [6.45, 7) is 10.0. The average molecular weight is 531 g/mol. The van der Waals surface area contributed by atoms with Crippen molar-refractivity contribution in [3.63, 3.8) is 0 Å². The molecule has 2 aromatic rings. The van der Waals surface area contributed by atoms with Crippen LogP contribution in [0.3, 0.4) is 0 Å². The molecule has 5 rings (SSSR count).